The Morgan fingerprint density at radius 1 is 1.12 bits per heavy atom. The zero-order valence-electron chi connectivity index (χ0n) is 19.6. The first kappa shape index (κ1) is 25.8. The van der Waals surface area contributed by atoms with Gasteiger partial charge in [0.05, 0.1) is 12.3 Å². The molecule has 2 aromatic rings. The Kier molecular flexibility index (Phi) is 7.47. The number of ether oxygens (including phenoxy) is 1. The van der Waals surface area contributed by atoms with E-state index in [0.717, 1.165) is 28.5 Å². The summed E-state index contributed by atoms with van der Waals surface area (Å²) in [6.07, 6.45) is 0.497. The Morgan fingerprint density at radius 2 is 1.65 bits per heavy atom. The van der Waals surface area contributed by atoms with Crippen LogP contribution in [0.25, 0.3) is 11.1 Å². The van der Waals surface area contributed by atoms with Gasteiger partial charge in [0, 0.05) is 26.2 Å². The van der Waals surface area contributed by atoms with Crippen LogP contribution in [0.3, 0.4) is 0 Å². The van der Waals surface area contributed by atoms with Gasteiger partial charge in [-0.2, -0.15) is 0 Å². The molecule has 3 N–H and O–H groups in total. The molecular weight excluding hydrogens is 460 g/mol. The second kappa shape index (κ2) is 9.83. The molecule has 0 saturated heterocycles. The highest BCUT2D eigenvalue weighted by molar-refractivity contribution is 7.92. The Labute approximate surface area is 199 Å². The van der Waals surface area contributed by atoms with Crippen molar-refractivity contribution in [1.82, 2.24) is 5.48 Å². The van der Waals surface area contributed by atoms with Gasteiger partial charge in [-0.05, 0) is 36.1 Å². The van der Waals surface area contributed by atoms with Gasteiger partial charge in [0.15, 0.2) is 14.6 Å². The third-order valence-corrected chi connectivity index (χ3v) is 8.22. The second-order valence-electron chi connectivity index (χ2n) is 8.98. The molecule has 1 aliphatic rings. The van der Waals surface area contributed by atoms with Gasteiger partial charge in [-0.15, -0.1) is 0 Å². The maximum Gasteiger partial charge on any atom is 0.264 e. The summed E-state index contributed by atoms with van der Waals surface area (Å²) in [6.45, 7) is 3.15. The van der Waals surface area contributed by atoms with Crippen molar-refractivity contribution in [2.24, 2.45) is 5.16 Å². The van der Waals surface area contributed by atoms with E-state index in [4.69, 9.17) is 14.8 Å². The predicted octanol–water partition coefficient (Wildman–Crippen LogP) is 2.40. The Balaban J connectivity index is 1.70. The number of hydrogen-bond donors (Lipinski definition) is 3. The fourth-order valence-corrected chi connectivity index (χ4v) is 4.79. The predicted molar refractivity (Wildman–Crippen MR) is 127 cm³/mol. The van der Waals surface area contributed by atoms with Gasteiger partial charge < -0.3 is 14.7 Å². The van der Waals surface area contributed by atoms with Crippen molar-refractivity contribution in [1.29, 1.82) is 0 Å². The van der Waals surface area contributed by atoms with Crippen molar-refractivity contribution < 1.29 is 33.1 Å². The summed E-state index contributed by atoms with van der Waals surface area (Å²) in [4.78, 5) is 17.5. The summed E-state index contributed by atoms with van der Waals surface area (Å²) < 4.78 is 27.6. The summed E-state index contributed by atoms with van der Waals surface area (Å²) in [5.41, 5.74) is 4.54. The average Bonchev–Trinajstić information content (AvgIpc) is 3.26. The van der Waals surface area contributed by atoms with Gasteiger partial charge in [-0.25, -0.2) is 13.9 Å². The molecule has 0 aromatic heterocycles. The molecule has 2 aromatic carbocycles. The van der Waals surface area contributed by atoms with Crippen LogP contribution >= 0.6 is 0 Å². The van der Waals surface area contributed by atoms with E-state index in [1.807, 2.05) is 48.5 Å². The van der Waals surface area contributed by atoms with Crippen molar-refractivity contribution in [3.63, 3.8) is 0 Å². The van der Waals surface area contributed by atoms with E-state index in [1.54, 1.807) is 14.0 Å². The highest BCUT2D eigenvalue weighted by atomic mass is 32.2. The fraction of sp³-hybridized carbons (Fsp3) is 0.417. The van der Waals surface area contributed by atoms with Gasteiger partial charge in [0.25, 0.3) is 5.91 Å². The fourth-order valence-electron chi connectivity index (χ4n) is 3.91. The number of nitrogens with one attached hydrogen (secondary N) is 1. The van der Waals surface area contributed by atoms with E-state index in [2.05, 4.69) is 5.16 Å². The molecule has 184 valence electrons. The molecule has 1 aliphatic heterocycles. The number of sulfone groups is 1. The number of oxime groups is 1. The summed E-state index contributed by atoms with van der Waals surface area (Å²) in [5, 5.41) is 23.5. The zero-order valence-corrected chi connectivity index (χ0v) is 20.4. The van der Waals surface area contributed by atoms with Crippen LogP contribution in [0.1, 0.15) is 37.8 Å². The first-order valence-electron chi connectivity index (χ1n) is 10.7. The second-order valence-corrected chi connectivity index (χ2v) is 11.4. The van der Waals surface area contributed by atoms with E-state index in [0.29, 0.717) is 12.1 Å². The van der Waals surface area contributed by atoms with Crippen molar-refractivity contribution >= 4 is 21.5 Å². The van der Waals surface area contributed by atoms with Gasteiger partial charge in [-0.1, -0.05) is 53.7 Å². The molecule has 0 aliphatic carbocycles. The molecule has 0 fully saturated rings. The van der Waals surface area contributed by atoms with Crippen LogP contribution in [0.5, 0.6) is 0 Å². The SMILES string of the molecule is COCC(C)(O)c1ccc(-c2ccc(C3=NO[C@@H](CC(C)(C(=O)NO)S(C)(=O)=O)C3)cc2)cc1. The van der Waals surface area contributed by atoms with Crippen molar-refractivity contribution in [3.8, 4) is 11.1 Å². The maximum absolute atomic E-state index is 12.2. The van der Waals surface area contributed by atoms with Crippen LogP contribution in [-0.4, -0.2) is 61.2 Å². The maximum atomic E-state index is 12.2. The van der Waals surface area contributed by atoms with Gasteiger partial charge in [0.2, 0.25) is 0 Å². The number of carbonyl (C=O) groups is 1. The molecule has 0 bridgehead atoms. The van der Waals surface area contributed by atoms with E-state index in [-0.39, 0.29) is 13.0 Å². The summed E-state index contributed by atoms with van der Waals surface area (Å²) in [6, 6.07) is 15.3. The molecule has 0 spiro atoms. The molecule has 0 radical (unpaired) electrons. The molecule has 3 atom stereocenters. The summed E-state index contributed by atoms with van der Waals surface area (Å²) in [7, 11) is -2.28. The normalized spacial score (nSPS) is 19.5. The van der Waals surface area contributed by atoms with E-state index >= 15 is 0 Å². The molecule has 34 heavy (non-hydrogen) atoms. The van der Waals surface area contributed by atoms with Crippen molar-refractivity contribution in [2.75, 3.05) is 20.0 Å². The largest absolute Gasteiger partial charge is 0.392 e. The molecule has 1 heterocycles. The van der Waals surface area contributed by atoms with Crippen LogP contribution in [0.15, 0.2) is 53.7 Å². The van der Waals surface area contributed by atoms with Crippen LogP contribution in [-0.2, 0) is 29.8 Å². The minimum Gasteiger partial charge on any atom is -0.392 e. The monoisotopic (exact) mass is 490 g/mol. The minimum atomic E-state index is -3.82. The van der Waals surface area contributed by atoms with Gasteiger partial charge in [-0.3, -0.25) is 10.0 Å². The highest BCUT2D eigenvalue weighted by Gasteiger charge is 2.47. The summed E-state index contributed by atoms with van der Waals surface area (Å²) >= 11 is 0. The smallest absolute Gasteiger partial charge is 0.264 e. The molecular formula is C24H30N2O7S. The Hall–Kier alpha value is -2.79. The molecule has 10 heteroatoms. The first-order valence-corrected chi connectivity index (χ1v) is 12.6. The number of hydroxylamine groups is 1. The quantitative estimate of drug-likeness (QED) is 0.363. The standard InChI is InChI=1S/C24H30N2O7S/c1-23(28,15-32-3)19-11-9-17(10-12-19)16-5-7-18(8-6-16)21-13-20(33-26-21)14-24(2,22(27)25-29)34(4,30)31/h5-12,20,28-29H,13-15H2,1-4H3,(H,25,27)/t20-,23?,24?/m1/s1. The third kappa shape index (κ3) is 5.30. The molecule has 3 rings (SSSR count). The lowest BCUT2D eigenvalue weighted by Gasteiger charge is -2.26. The Bertz CT molecular complexity index is 1160. The first-order chi connectivity index (χ1) is 15.9. The number of carbonyl (C=O) groups excluding carboxylic acids is 1. The molecule has 0 saturated carbocycles. The van der Waals surface area contributed by atoms with Crippen LogP contribution in [0.2, 0.25) is 0 Å². The summed E-state index contributed by atoms with van der Waals surface area (Å²) in [5.74, 6) is -1.01. The molecule has 1 amide bonds. The topological polar surface area (TPSA) is 135 Å². The lowest BCUT2D eigenvalue weighted by molar-refractivity contribution is -0.132. The van der Waals surface area contributed by atoms with Crippen LogP contribution in [0, 0.1) is 0 Å². The number of hydrogen-bond acceptors (Lipinski definition) is 8. The van der Waals surface area contributed by atoms with Crippen LogP contribution in [0.4, 0.5) is 0 Å². The average molecular weight is 491 g/mol. The van der Waals surface area contributed by atoms with Crippen molar-refractivity contribution in [2.45, 2.75) is 43.1 Å². The Morgan fingerprint density at radius 3 is 2.15 bits per heavy atom. The van der Waals surface area contributed by atoms with E-state index in [9.17, 15) is 18.3 Å². The van der Waals surface area contributed by atoms with E-state index < -0.39 is 32.2 Å². The lowest BCUT2D eigenvalue weighted by atomic mass is 9.93. The third-order valence-electron chi connectivity index (χ3n) is 6.23. The highest BCUT2D eigenvalue weighted by Crippen LogP contribution is 2.30. The van der Waals surface area contributed by atoms with E-state index in [1.165, 1.54) is 12.4 Å². The molecule has 2 unspecified atom stereocenters. The van der Waals surface area contributed by atoms with Gasteiger partial charge >= 0.3 is 0 Å². The van der Waals surface area contributed by atoms with Crippen LogP contribution < -0.4 is 5.48 Å². The number of rotatable bonds is 9. The number of benzene rings is 2. The number of nitrogens with zero attached hydrogens (tertiary/aromatic N) is 1. The molecule has 9 nitrogen and oxygen atoms in total. The minimum absolute atomic E-state index is 0.150. The number of aliphatic hydroxyl groups is 1. The van der Waals surface area contributed by atoms with Gasteiger partial charge in [0.1, 0.15) is 11.7 Å². The lowest BCUT2D eigenvalue weighted by Crippen LogP contribution is -2.51. The van der Waals surface area contributed by atoms with Crippen molar-refractivity contribution in [3.05, 3.63) is 59.7 Å². The number of methoxy groups -OCH3 is 1. The zero-order chi connectivity index (χ0) is 25.1. The number of amides is 1.